The number of rotatable bonds is 7. The lowest BCUT2D eigenvalue weighted by molar-refractivity contribution is -0.138. The van der Waals surface area contributed by atoms with Crippen molar-refractivity contribution in [2.24, 2.45) is 5.92 Å². The minimum Gasteiger partial charge on any atom is -0.393 e. The van der Waals surface area contributed by atoms with E-state index in [1.54, 1.807) is 0 Å². The zero-order chi connectivity index (χ0) is 23.7. The number of carbonyl (C=O) groups excluding carboxylic acids is 1. The third-order valence-electron chi connectivity index (χ3n) is 8.14. The third kappa shape index (κ3) is 4.80. The first-order valence-corrected chi connectivity index (χ1v) is 13.3. The zero-order valence-corrected chi connectivity index (χ0v) is 20.7. The Balaban J connectivity index is 1.39. The van der Waals surface area contributed by atoms with Gasteiger partial charge < -0.3 is 25.2 Å². The summed E-state index contributed by atoms with van der Waals surface area (Å²) in [7, 11) is 0. The summed E-state index contributed by atoms with van der Waals surface area (Å²) in [5.41, 5.74) is 2.34. The molecular formula is C26H40N6O2. The maximum atomic E-state index is 12.7. The summed E-state index contributed by atoms with van der Waals surface area (Å²) in [6.45, 7) is 7.69. The monoisotopic (exact) mass is 468 g/mol. The minimum absolute atomic E-state index is 0.174. The Bertz CT molecular complexity index is 987. The van der Waals surface area contributed by atoms with E-state index in [-0.39, 0.29) is 12.0 Å². The van der Waals surface area contributed by atoms with Gasteiger partial charge in [-0.3, -0.25) is 4.79 Å². The number of amides is 1. The molecule has 1 amide bonds. The van der Waals surface area contributed by atoms with Gasteiger partial charge in [0, 0.05) is 56.0 Å². The number of aliphatic hydroxyl groups is 1. The number of fused-ring (bicyclic) bond motifs is 1. The Morgan fingerprint density at radius 3 is 2.59 bits per heavy atom. The van der Waals surface area contributed by atoms with Crippen LogP contribution < -0.4 is 10.6 Å². The van der Waals surface area contributed by atoms with Crippen LogP contribution in [-0.2, 0) is 4.79 Å². The molecule has 0 aromatic carbocycles. The predicted molar refractivity (Wildman–Crippen MR) is 134 cm³/mol. The van der Waals surface area contributed by atoms with Gasteiger partial charge in [-0.1, -0.05) is 13.3 Å². The van der Waals surface area contributed by atoms with E-state index in [1.165, 1.54) is 5.56 Å². The molecule has 1 unspecified atom stereocenters. The minimum atomic E-state index is -0.174. The molecule has 34 heavy (non-hydrogen) atoms. The number of nitrogens with zero attached hydrogens (tertiary/aromatic N) is 4. The molecule has 3 fully saturated rings. The van der Waals surface area contributed by atoms with Crippen LogP contribution in [0, 0.1) is 5.92 Å². The number of piperidine rings is 1. The maximum Gasteiger partial charge on any atom is 0.228 e. The Labute approximate surface area is 202 Å². The molecule has 8 heteroatoms. The molecule has 0 spiro atoms. The second-order valence-corrected chi connectivity index (χ2v) is 10.7. The first-order chi connectivity index (χ1) is 16.5. The molecular weight excluding hydrogens is 428 g/mol. The molecule has 0 radical (unpaired) electrons. The molecule has 8 nitrogen and oxygen atoms in total. The fraction of sp³-hybridized carbons (Fsp3) is 0.731. The number of aromatic nitrogens is 3. The molecule has 1 atom stereocenters. The van der Waals surface area contributed by atoms with Crippen molar-refractivity contribution in [3.8, 4) is 0 Å². The van der Waals surface area contributed by atoms with Gasteiger partial charge in [0.25, 0.3) is 0 Å². The average Bonchev–Trinajstić information content (AvgIpc) is 3.17. The van der Waals surface area contributed by atoms with E-state index in [0.717, 1.165) is 88.6 Å². The molecule has 3 aliphatic rings. The highest BCUT2D eigenvalue weighted by atomic mass is 16.3. The van der Waals surface area contributed by atoms with Gasteiger partial charge in [0.1, 0.15) is 5.65 Å². The number of nitrogens with one attached hydrogen (secondary N) is 2. The number of hydrogen-bond acceptors (Lipinski definition) is 6. The van der Waals surface area contributed by atoms with Gasteiger partial charge in [-0.05, 0) is 63.4 Å². The van der Waals surface area contributed by atoms with Gasteiger partial charge in [-0.15, -0.1) is 0 Å². The van der Waals surface area contributed by atoms with Gasteiger partial charge in [0.05, 0.1) is 12.0 Å². The van der Waals surface area contributed by atoms with Crippen molar-refractivity contribution in [1.29, 1.82) is 0 Å². The fourth-order valence-electron chi connectivity index (χ4n) is 5.92. The maximum absolute atomic E-state index is 12.7. The van der Waals surface area contributed by atoms with E-state index in [0.29, 0.717) is 29.9 Å². The van der Waals surface area contributed by atoms with E-state index < -0.39 is 0 Å². The number of carbonyl (C=O) groups is 1. The van der Waals surface area contributed by atoms with Crippen LogP contribution in [0.4, 0.5) is 5.95 Å². The Kier molecular flexibility index (Phi) is 7.06. The van der Waals surface area contributed by atoms with Crippen LogP contribution in [0.25, 0.3) is 11.0 Å². The third-order valence-corrected chi connectivity index (χ3v) is 8.14. The highest BCUT2D eigenvalue weighted by Crippen LogP contribution is 2.38. The summed E-state index contributed by atoms with van der Waals surface area (Å²) in [6, 6.07) is 0.700. The lowest BCUT2D eigenvalue weighted by Crippen LogP contribution is -2.53. The standard InChI is InChI=1S/C26H40N6O2/c1-3-4-17(2)29-26-28-15-22-23(16-32(24(22)30-26)20-5-7-21(33)8-6-20)18-9-11-31(12-10-18)25(34)19-13-27-14-19/h15-21,27,33H,3-14H2,1-2H3,(H,28,29,30). The van der Waals surface area contributed by atoms with Gasteiger partial charge in [-0.2, -0.15) is 4.98 Å². The lowest BCUT2D eigenvalue weighted by Gasteiger charge is -2.37. The second-order valence-electron chi connectivity index (χ2n) is 10.7. The van der Waals surface area contributed by atoms with E-state index >= 15 is 0 Å². The van der Waals surface area contributed by atoms with Crippen molar-refractivity contribution in [2.75, 3.05) is 31.5 Å². The molecule has 1 aliphatic carbocycles. The van der Waals surface area contributed by atoms with Gasteiger partial charge in [0.15, 0.2) is 0 Å². The first kappa shape index (κ1) is 23.5. The Morgan fingerprint density at radius 1 is 1.21 bits per heavy atom. The topological polar surface area (TPSA) is 95.3 Å². The van der Waals surface area contributed by atoms with E-state index in [4.69, 9.17) is 9.97 Å². The van der Waals surface area contributed by atoms with Gasteiger partial charge in [-0.25, -0.2) is 4.98 Å². The number of likely N-dealkylation sites (tertiary alicyclic amines) is 1. The largest absolute Gasteiger partial charge is 0.393 e. The summed E-state index contributed by atoms with van der Waals surface area (Å²) in [5, 5.41) is 17.9. The molecule has 0 bridgehead atoms. The number of hydrogen-bond donors (Lipinski definition) is 3. The van der Waals surface area contributed by atoms with Crippen LogP contribution in [0.3, 0.4) is 0 Å². The van der Waals surface area contributed by atoms with Gasteiger partial charge in [0.2, 0.25) is 11.9 Å². The summed E-state index contributed by atoms with van der Waals surface area (Å²) < 4.78 is 2.37. The number of aliphatic hydroxyl groups excluding tert-OH is 1. The highest BCUT2D eigenvalue weighted by Gasteiger charge is 2.33. The van der Waals surface area contributed by atoms with Crippen molar-refractivity contribution < 1.29 is 9.90 Å². The van der Waals surface area contributed by atoms with Crippen LogP contribution >= 0.6 is 0 Å². The quantitative estimate of drug-likeness (QED) is 0.576. The molecule has 2 aromatic rings. The summed E-state index contributed by atoms with van der Waals surface area (Å²) in [6.07, 6.45) is 12.0. The summed E-state index contributed by atoms with van der Waals surface area (Å²) in [5.74, 6) is 1.61. The van der Waals surface area contributed by atoms with Crippen LogP contribution in [0.15, 0.2) is 12.4 Å². The van der Waals surface area contributed by atoms with Crippen LogP contribution in [0.1, 0.15) is 82.7 Å². The van der Waals surface area contributed by atoms with Gasteiger partial charge >= 0.3 is 0 Å². The van der Waals surface area contributed by atoms with E-state index in [9.17, 15) is 9.90 Å². The average molecular weight is 469 g/mol. The molecule has 3 N–H and O–H groups in total. The van der Waals surface area contributed by atoms with Crippen LogP contribution in [-0.4, -0.2) is 68.8 Å². The lowest BCUT2D eigenvalue weighted by atomic mass is 9.89. The second kappa shape index (κ2) is 10.2. The summed E-state index contributed by atoms with van der Waals surface area (Å²) >= 11 is 0. The zero-order valence-electron chi connectivity index (χ0n) is 20.7. The fourth-order valence-corrected chi connectivity index (χ4v) is 5.92. The smallest absolute Gasteiger partial charge is 0.228 e. The molecule has 186 valence electrons. The van der Waals surface area contributed by atoms with Crippen molar-refractivity contribution in [2.45, 2.75) is 89.3 Å². The van der Waals surface area contributed by atoms with E-state index in [2.05, 4.69) is 40.1 Å². The highest BCUT2D eigenvalue weighted by molar-refractivity contribution is 5.82. The van der Waals surface area contributed by atoms with Crippen LogP contribution in [0.2, 0.25) is 0 Å². The normalized spacial score (nSPS) is 25.3. The molecule has 2 saturated heterocycles. The predicted octanol–water partition coefficient (Wildman–Crippen LogP) is 3.43. The molecule has 4 heterocycles. The Hall–Kier alpha value is -2.19. The summed E-state index contributed by atoms with van der Waals surface area (Å²) in [4.78, 5) is 24.4. The molecule has 5 rings (SSSR count). The molecule has 1 saturated carbocycles. The number of anilines is 1. The van der Waals surface area contributed by atoms with E-state index in [1.807, 2.05) is 6.20 Å². The molecule has 2 aliphatic heterocycles. The first-order valence-electron chi connectivity index (χ1n) is 13.3. The van der Waals surface area contributed by atoms with Crippen molar-refractivity contribution in [3.63, 3.8) is 0 Å². The Morgan fingerprint density at radius 2 is 1.94 bits per heavy atom. The SMILES string of the molecule is CCCC(C)Nc1ncc2c(C3CCN(C(=O)C4CNC4)CC3)cn(C3CCC(O)CC3)c2n1. The van der Waals surface area contributed by atoms with Crippen LogP contribution in [0.5, 0.6) is 0 Å². The van der Waals surface area contributed by atoms with Crippen molar-refractivity contribution in [1.82, 2.24) is 24.8 Å². The van der Waals surface area contributed by atoms with Crippen molar-refractivity contribution in [3.05, 3.63) is 18.0 Å². The molecule has 2 aromatic heterocycles. The van der Waals surface area contributed by atoms with Crippen molar-refractivity contribution >= 4 is 22.9 Å².